The van der Waals surface area contributed by atoms with Crippen molar-refractivity contribution in [3.05, 3.63) is 70.6 Å². The molecule has 0 spiro atoms. The average molecular weight is 396 g/mol. The van der Waals surface area contributed by atoms with Crippen molar-refractivity contribution >= 4 is 34.4 Å². The molecule has 0 fully saturated rings. The summed E-state index contributed by atoms with van der Waals surface area (Å²) >= 11 is 1.17. The molecule has 0 bridgehead atoms. The Hall–Kier alpha value is -3.33. The number of carbonyl (C=O) groups is 1. The number of nitrogens with zero attached hydrogens (tertiary/aromatic N) is 3. The first kappa shape index (κ1) is 18.1. The highest BCUT2D eigenvalue weighted by Crippen LogP contribution is 2.19. The van der Waals surface area contributed by atoms with Gasteiger partial charge < -0.3 is 14.3 Å². The van der Waals surface area contributed by atoms with E-state index < -0.39 is 0 Å². The van der Waals surface area contributed by atoms with E-state index >= 15 is 0 Å². The first-order chi connectivity index (χ1) is 13.6. The molecular weight excluding hydrogens is 380 g/mol. The molecule has 3 heterocycles. The van der Waals surface area contributed by atoms with E-state index in [1.165, 1.54) is 16.3 Å². The van der Waals surface area contributed by atoms with Crippen LogP contribution in [0.1, 0.15) is 11.5 Å². The lowest BCUT2D eigenvalue weighted by atomic mass is 10.2. The number of aryl methyl sites for hydroxylation is 1. The summed E-state index contributed by atoms with van der Waals surface area (Å²) in [5, 5.41) is 7.34. The number of rotatable bonds is 6. The number of furan rings is 1. The number of para-hydroxylation sites is 1. The third-order valence-corrected chi connectivity index (χ3v) is 4.92. The Morgan fingerprint density at radius 1 is 1.25 bits per heavy atom. The van der Waals surface area contributed by atoms with Crippen LogP contribution in [0, 0.1) is 6.92 Å². The molecule has 0 aliphatic heterocycles. The highest BCUT2D eigenvalue weighted by atomic mass is 32.2. The van der Waals surface area contributed by atoms with Gasteiger partial charge in [0, 0.05) is 6.07 Å². The van der Waals surface area contributed by atoms with Gasteiger partial charge in [-0.15, -0.1) is 0 Å². The third kappa shape index (κ3) is 3.84. The zero-order valence-electron chi connectivity index (χ0n) is 14.9. The summed E-state index contributed by atoms with van der Waals surface area (Å²) in [6.07, 6.45) is 1.55. The molecule has 3 aromatic heterocycles. The zero-order chi connectivity index (χ0) is 19.5. The fraction of sp³-hybridized carbons (Fsp3) is 0.158. The maximum atomic E-state index is 13.0. The number of benzene rings is 1. The van der Waals surface area contributed by atoms with Crippen LogP contribution in [0.25, 0.3) is 10.9 Å². The Labute approximate surface area is 163 Å². The highest BCUT2D eigenvalue weighted by molar-refractivity contribution is 7.99. The number of anilines is 1. The summed E-state index contributed by atoms with van der Waals surface area (Å²) in [5.41, 5.74) is 0.398. The van der Waals surface area contributed by atoms with Crippen LogP contribution in [-0.4, -0.2) is 26.4 Å². The van der Waals surface area contributed by atoms with E-state index in [9.17, 15) is 9.59 Å². The van der Waals surface area contributed by atoms with Gasteiger partial charge in [-0.05, 0) is 31.2 Å². The second-order valence-corrected chi connectivity index (χ2v) is 6.98. The second-order valence-electron chi connectivity index (χ2n) is 6.04. The highest BCUT2D eigenvalue weighted by Gasteiger charge is 2.15. The molecule has 1 N–H and O–H groups in total. The molecule has 8 nitrogen and oxygen atoms in total. The Bertz CT molecular complexity index is 1180. The van der Waals surface area contributed by atoms with Gasteiger partial charge in [-0.25, -0.2) is 4.98 Å². The van der Waals surface area contributed by atoms with Crippen LogP contribution in [0.5, 0.6) is 0 Å². The zero-order valence-corrected chi connectivity index (χ0v) is 15.7. The lowest BCUT2D eigenvalue weighted by molar-refractivity contribution is -0.113. The van der Waals surface area contributed by atoms with Gasteiger partial charge in [-0.1, -0.05) is 29.1 Å². The first-order valence-electron chi connectivity index (χ1n) is 8.48. The van der Waals surface area contributed by atoms with Crippen molar-refractivity contribution in [3.63, 3.8) is 0 Å². The fourth-order valence-corrected chi connectivity index (χ4v) is 3.49. The molecule has 0 saturated heterocycles. The van der Waals surface area contributed by atoms with E-state index in [4.69, 9.17) is 8.94 Å². The number of amides is 1. The summed E-state index contributed by atoms with van der Waals surface area (Å²) in [5.74, 6) is 1.37. The molecule has 0 unspecified atom stereocenters. The summed E-state index contributed by atoms with van der Waals surface area (Å²) in [6, 6.07) is 12.3. The minimum Gasteiger partial charge on any atom is -0.467 e. The van der Waals surface area contributed by atoms with E-state index in [1.54, 1.807) is 49.6 Å². The van der Waals surface area contributed by atoms with Crippen molar-refractivity contribution in [3.8, 4) is 0 Å². The topological polar surface area (TPSA) is 103 Å². The molecule has 28 heavy (non-hydrogen) atoms. The molecule has 0 radical (unpaired) electrons. The molecule has 0 aliphatic rings. The lowest BCUT2D eigenvalue weighted by Crippen LogP contribution is -2.24. The van der Waals surface area contributed by atoms with Crippen molar-refractivity contribution in [1.29, 1.82) is 0 Å². The van der Waals surface area contributed by atoms with E-state index in [0.29, 0.717) is 33.4 Å². The van der Waals surface area contributed by atoms with Crippen LogP contribution in [0.4, 0.5) is 5.82 Å². The van der Waals surface area contributed by atoms with Crippen molar-refractivity contribution < 1.29 is 13.7 Å². The molecule has 1 aromatic carbocycles. The molecule has 0 aliphatic carbocycles. The van der Waals surface area contributed by atoms with Crippen molar-refractivity contribution in [1.82, 2.24) is 14.7 Å². The monoisotopic (exact) mass is 396 g/mol. The first-order valence-corrected chi connectivity index (χ1v) is 9.46. The van der Waals surface area contributed by atoms with Gasteiger partial charge in [0.15, 0.2) is 11.0 Å². The molecule has 4 aromatic rings. The predicted octanol–water partition coefficient (Wildman–Crippen LogP) is 3.07. The second kappa shape index (κ2) is 7.73. The number of aromatic nitrogens is 3. The van der Waals surface area contributed by atoms with E-state index in [1.807, 2.05) is 6.07 Å². The summed E-state index contributed by atoms with van der Waals surface area (Å²) < 4.78 is 11.8. The molecular formula is C19H16N4O4S. The quantitative estimate of drug-likeness (QED) is 0.395. The standard InChI is InChI=1S/C19H16N4O4S/c1-12-9-16(22-27-12)21-17(24)11-28-19-20-15-7-3-2-6-14(15)18(25)23(19)10-13-5-4-8-26-13/h2-9H,10-11H2,1H3,(H,21,22,24). The van der Waals surface area contributed by atoms with Crippen LogP contribution in [0.2, 0.25) is 0 Å². The van der Waals surface area contributed by atoms with Gasteiger partial charge in [0.05, 0.1) is 29.5 Å². The molecule has 9 heteroatoms. The number of carbonyl (C=O) groups excluding carboxylic acids is 1. The van der Waals surface area contributed by atoms with Gasteiger partial charge in [0.1, 0.15) is 11.5 Å². The van der Waals surface area contributed by atoms with Crippen molar-refractivity contribution in [2.45, 2.75) is 18.6 Å². The number of fused-ring (bicyclic) bond motifs is 1. The maximum Gasteiger partial charge on any atom is 0.262 e. The molecule has 4 rings (SSSR count). The smallest absolute Gasteiger partial charge is 0.262 e. The molecule has 0 saturated carbocycles. The number of thioether (sulfide) groups is 1. The minimum absolute atomic E-state index is 0.0643. The van der Waals surface area contributed by atoms with Gasteiger partial charge in [0.25, 0.3) is 5.56 Å². The van der Waals surface area contributed by atoms with Gasteiger partial charge in [0.2, 0.25) is 5.91 Å². The van der Waals surface area contributed by atoms with Crippen molar-refractivity contribution in [2.24, 2.45) is 0 Å². The third-order valence-electron chi connectivity index (χ3n) is 3.95. The fourth-order valence-electron chi connectivity index (χ4n) is 2.69. The normalized spacial score (nSPS) is 11.0. The Kier molecular flexibility index (Phi) is 4.98. The van der Waals surface area contributed by atoms with Gasteiger partial charge in [-0.2, -0.15) is 0 Å². The average Bonchev–Trinajstić information content (AvgIpc) is 3.34. The number of hydrogen-bond donors (Lipinski definition) is 1. The van der Waals surface area contributed by atoms with Crippen LogP contribution in [0.3, 0.4) is 0 Å². The molecule has 0 atom stereocenters. The number of nitrogens with one attached hydrogen (secondary N) is 1. The minimum atomic E-state index is -0.273. The predicted molar refractivity (Wildman–Crippen MR) is 104 cm³/mol. The summed E-state index contributed by atoms with van der Waals surface area (Å²) in [7, 11) is 0. The van der Waals surface area contributed by atoms with Crippen LogP contribution in [-0.2, 0) is 11.3 Å². The number of hydrogen-bond acceptors (Lipinski definition) is 7. The molecule has 142 valence electrons. The maximum absolute atomic E-state index is 13.0. The SMILES string of the molecule is Cc1cc(NC(=O)CSc2nc3ccccc3c(=O)n2Cc2ccco2)no1. The van der Waals surface area contributed by atoms with Crippen LogP contribution >= 0.6 is 11.8 Å². The lowest BCUT2D eigenvalue weighted by Gasteiger charge is -2.12. The van der Waals surface area contributed by atoms with Crippen LogP contribution in [0.15, 0.2) is 67.6 Å². The molecule has 1 amide bonds. The van der Waals surface area contributed by atoms with Gasteiger partial charge in [-0.3, -0.25) is 14.2 Å². The van der Waals surface area contributed by atoms with E-state index in [2.05, 4.69) is 15.5 Å². The summed E-state index contributed by atoms with van der Waals surface area (Å²) in [4.78, 5) is 29.8. The van der Waals surface area contributed by atoms with E-state index in [-0.39, 0.29) is 23.8 Å². The Morgan fingerprint density at radius 2 is 2.11 bits per heavy atom. The Balaban J connectivity index is 1.61. The van der Waals surface area contributed by atoms with E-state index in [0.717, 1.165) is 0 Å². The summed E-state index contributed by atoms with van der Waals surface area (Å²) in [6.45, 7) is 1.97. The Morgan fingerprint density at radius 3 is 2.86 bits per heavy atom. The van der Waals surface area contributed by atoms with Crippen LogP contribution < -0.4 is 10.9 Å². The van der Waals surface area contributed by atoms with Crippen molar-refractivity contribution in [2.75, 3.05) is 11.1 Å². The van der Waals surface area contributed by atoms with Gasteiger partial charge >= 0.3 is 0 Å². The largest absolute Gasteiger partial charge is 0.467 e.